The SMILES string of the molecule is CC(=O)Oc1ccc2c(c1)Oc1cc(OC(C)=O)ccc1C21OC(=O)C2CC=CC=C21. The molecule has 3 aliphatic rings. The van der Waals surface area contributed by atoms with Crippen molar-refractivity contribution in [2.75, 3.05) is 0 Å². The van der Waals surface area contributed by atoms with Crippen LogP contribution in [0.15, 0.2) is 60.2 Å². The van der Waals surface area contributed by atoms with Crippen LogP contribution in [0.3, 0.4) is 0 Å². The van der Waals surface area contributed by atoms with E-state index in [0.29, 0.717) is 40.5 Å². The summed E-state index contributed by atoms with van der Waals surface area (Å²) in [6.45, 7) is 2.62. The fraction of sp³-hybridized carbons (Fsp3) is 0.208. The van der Waals surface area contributed by atoms with Crippen molar-refractivity contribution in [3.05, 3.63) is 71.3 Å². The van der Waals surface area contributed by atoms with Crippen molar-refractivity contribution in [2.45, 2.75) is 25.9 Å². The molecule has 1 fully saturated rings. The lowest BCUT2D eigenvalue weighted by Gasteiger charge is -2.37. The number of hydrogen-bond donors (Lipinski definition) is 0. The largest absolute Gasteiger partial charge is 0.456 e. The van der Waals surface area contributed by atoms with Gasteiger partial charge in [0.05, 0.1) is 5.92 Å². The molecule has 7 nitrogen and oxygen atoms in total. The Morgan fingerprint density at radius 3 is 2.10 bits per heavy atom. The Labute approximate surface area is 177 Å². The van der Waals surface area contributed by atoms with Gasteiger partial charge in [-0.05, 0) is 36.3 Å². The normalized spacial score (nSPS) is 19.4. The number of esters is 3. The summed E-state index contributed by atoms with van der Waals surface area (Å²) >= 11 is 0. The van der Waals surface area contributed by atoms with E-state index in [-0.39, 0.29) is 5.97 Å². The van der Waals surface area contributed by atoms with Crippen molar-refractivity contribution in [2.24, 2.45) is 5.92 Å². The number of hydrogen-bond acceptors (Lipinski definition) is 7. The molecule has 5 rings (SSSR count). The molecule has 0 amide bonds. The topological polar surface area (TPSA) is 88.1 Å². The monoisotopic (exact) mass is 418 g/mol. The van der Waals surface area contributed by atoms with Crippen LogP contribution in [0.5, 0.6) is 23.0 Å². The maximum absolute atomic E-state index is 12.8. The second-order valence-corrected chi connectivity index (χ2v) is 7.55. The number of carbonyl (C=O) groups is 3. The highest BCUT2D eigenvalue weighted by atomic mass is 16.6. The molecule has 0 N–H and O–H groups in total. The van der Waals surface area contributed by atoms with Crippen molar-refractivity contribution in [1.82, 2.24) is 0 Å². The molecule has 156 valence electrons. The molecule has 1 spiro atoms. The van der Waals surface area contributed by atoms with E-state index in [4.69, 9.17) is 18.9 Å². The Bertz CT molecular complexity index is 1140. The molecule has 1 unspecified atom stereocenters. The van der Waals surface area contributed by atoms with Gasteiger partial charge in [-0.25, -0.2) is 0 Å². The van der Waals surface area contributed by atoms with Crippen molar-refractivity contribution >= 4 is 17.9 Å². The first-order valence-electron chi connectivity index (χ1n) is 9.82. The number of ether oxygens (including phenoxy) is 4. The Kier molecular flexibility index (Phi) is 4.22. The third-order valence-corrected chi connectivity index (χ3v) is 5.51. The Hall–Kier alpha value is -3.87. The summed E-state index contributed by atoms with van der Waals surface area (Å²) in [5.74, 6) is -0.261. The van der Waals surface area contributed by atoms with E-state index in [0.717, 1.165) is 5.57 Å². The first-order chi connectivity index (χ1) is 14.9. The lowest BCUT2D eigenvalue weighted by molar-refractivity contribution is -0.148. The zero-order valence-electron chi connectivity index (χ0n) is 16.8. The summed E-state index contributed by atoms with van der Waals surface area (Å²) in [6.07, 6.45) is 6.29. The van der Waals surface area contributed by atoms with Crippen molar-refractivity contribution in [3.63, 3.8) is 0 Å². The first-order valence-corrected chi connectivity index (χ1v) is 9.82. The van der Waals surface area contributed by atoms with Crippen molar-refractivity contribution in [3.8, 4) is 23.0 Å². The number of benzene rings is 2. The quantitative estimate of drug-likeness (QED) is 0.539. The molecule has 0 saturated carbocycles. The van der Waals surface area contributed by atoms with E-state index in [2.05, 4.69) is 0 Å². The van der Waals surface area contributed by atoms with Crippen LogP contribution in [-0.4, -0.2) is 17.9 Å². The summed E-state index contributed by atoms with van der Waals surface area (Å²) < 4.78 is 22.6. The maximum atomic E-state index is 12.8. The molecule has 0 radical (unpaired) electrons. The minimum absolute atomic E-state index is 0.305. The first kappa shape index (κ1) is 19.1. The van der Waals surface area contributed by atoms with Gasteiger partial charge in [0.25, 0.3) is 0 Å². The van der Waals surface area contributed by atoms with E-state index < -0.39 is 23.5 Å². The van der Waals surface area contributed by atoms with E-state index in [1.807, 2.05) is 18.2 Å². The average Bonchev–Trinajstić information content (AvgIpc) is 3.00. The maximum Gasteiger partial charge on any atom is 0.315 e. The molecule has 0 bridgehead atoms. The van der Waals surface area contributed by atoms with Gasteiger partial charge >= 0.3 is 17.9 Å². The zero-order chi connectivity index (χ0) is 21.8. The summed E-state index contributed by atoms with van der Waals surface area (Å²) in [7, 11) is 0. The molecule has 0 aromatic heterocycles. The van der Waals surface area contributed by atoms with Crippen LogP contribution < -0.4 is 14.2 Å². The average molecular weight is 418 g/mol. The number of allylic oxidation sites excluding steroid dienone is 3. The van der Waals surface area contributed by atoms with Gasteiger partial charge in [-0.2, -0.15) is 0 Å². The highest BCUT2D eigenvalue weighted by Gasteiger charge is 2.57. The van der Waals surface area contributed by atoms with Crippen LogP contribution in [0.2, 0.25) is 0 Å². The van der Waals surface area contributed by atoms with Crippen LogP contribution in [0, 0.1) is 5.92 Å². The van der Waals surface area contributed by atoms with E-state index in [1.54, 1.807) is 36.4 Å². The summed E-state index contributed by atoms with van der Waals surface area (Å²) in [6, 6.07) is 9.94. The molecular weight excluding hydrogens is 400 g/mol. The predicted molar refractivity (Wildman–Crippen MR) is 108 cm³/mol. The molecule has 1 saturated heterocycles. The molecule has 31 heavy (non-hydrogen) atoms. The van der Waals surface area contributed by atoms with E-state index >= 15 is 0 Å². The molecule has 2 aromatic carbocycles. The molecule has 1 aliphatic carbocycles. The fourth-order valence-corrected chi connectivity index (χ4v) is 4.40. The highest BCUT2D eigenvalue weighted by molar-refractivity contribution is 5.85. The van der Waals surface area contributed by atoms with Crippen molar-refractivity contribution < 1.29 is 33.3 Å². The molecule has 2 aliphatic heterocycles. The highest BCUT2D eigenvalue weighted by Crippen LogP contribution is 2.59. The lowest BCUT2D eigenvalue weighted by Crippen LogP contribution is -2.33. The lowest BCUT2D eigenvalue weighted by atomic mass is 9.73. The fourth-order valence-electron chi connectivity index (χ4n) is 4.40. The molecule has 7 heteroatoms. The summed E-state index contributed by atoms with van der Waals surface area (Å²) in [5, 5.41) is 0. The minimum Gasteiger partial charge on any atom is -0.456 e. The van der Waals surface area contributed by atoms with Gasteiger partial charge in [0.15, 0.2) is 5.60 Å². The van der Waals surface area contributed by atoms with Crippen molar-refractivity contribution in [1.29, 1.82) is 0 Å². The Balaban J connectivity index is 1.74. The number of carbonyl (C=O) groups excluding carboxylic acids is 3. The van der Waals surface area contributed by atoms with Gasteiger partial charge in [0, 0.05) is 37.1 Å². The summed E-state index contributed by atoms with van der Waals surface area (Å²) in [4.78, 5) is 35.7. The standard InChI is InChI=1S/C24H18O7/c1-13(25)28-15-7-9-19-21(11-15)30-22-12-16(29-14(2)26)8-10-20(22)24(19)18-6-4-3-5-17(18)23(27)31-24/h3-4,6-12,17H,5H2,1-2H3. The molecular formula is C24H18O7. The Morgan fingerprint density at radius 1 is 0.968 bits per heavy atom. The third-order valence-electron chi connectivity index (χ3n) is 5.51. The van der Waals surface area contributed by atoms with Crippen LogP contribution in [-0.2, 0) is 24.7 Å². The minimum atomic E-state index is -1.18. The second kappa shape index (κ2) is 6.84. The van der Waals surface area contributed by atoms with Crippen LogP contribution in [0.4, 0.5) is 0 Å². The zero-order valence-corrected chi connectivity index (χ0v) is 16.8. The predicted octanol–water partition coefficient (Wildman–Crippen LogP) is 3.95. The smallest absolute Gasteiger partial charge is 0.315 e. The van der Waals surface area contributed by atoms with Crippen LogP contribution in [0.25, 0.3) is 0 Å². The van der Waals surface area contributed by atoms with Gasteiger partial charge in [-0.15, -0.1) is 0 Å². The van der Waals surface area contributed by atoms with Crippen LogP contribution in [0.1, 0.15) is 31.4 Å². The molecule has 1 atom stereocenters. The second-order valence-electron chi connectivity index (χ2n) is 7.55. The van der Waals surface area contributed by atoms with Gasteiger partial charge in [-0.3, -0.25) is 14.4 Å². The van der Waals surface area contributed by atoms with Gasteiger partial charge in [0.1, 0.15) is 23.0 Å². The number of fused-ring (bicyclic) bond motifs is 6. The van der Waals surface area contributed by atoms with Gasteiger partial charge < -0.3 is 18.9 Å². The van der Waals surface area contributed by atoms with E-state index in [9.17, 15) is 14.4 Å². The van der Waals surface area contributed by atoms with Gasteiger partial charge in [-0.1, -0.05) is 18.2 Å². The van der Waals surface area contributed by atoms with Crippen LogP contribution >= 0.6 is 0 Å². The van der Waals surface area contributed by atoms with Gasteiger partial charge in [0.2, 0.25) is 0 Å². The third kappa shape index (κ3) is 2.92. The number of rotatable bonds is 2. The Morgan fingerprint density at radius 2 is 1.55 bits per heavy atom. The molecule has 2 aromatic rings. The summed E-state index contributed by atoms with van der Waals surface area (Å²) in [5.41, 5.74) is 0.896. The molecule has 2 heterocycles. The van der Waals surface area contributed by atoms with E-state index in [1.165, 1.54) is 13.8 Å².